The third-order valence-electron chi connectivity index (χ3n) is 4.07. The van der Waals surface area contributed by atoms with Crippen LogP contribution in [0.2, 0.25) is 0 Å². The molecular weight excluding hydrogens is 386 g/mol. The van der Waals surface area contributed by atoms with E-state index in [0.29, 0.717) is 18.1 Å². The third kappa shape index (κ3) is 4.53. The molecule has 0 aliphatic carbocycles. The molecule has 8 nitrogen and oxygen atoms in total. The number of nitrogens with two attached hydrogens (primary N) is 1. The molecule has 0 aliphatic rings. The minimum Gasteiger partial charge on any atom is -0.382 e. The Morgan fingerprint density at radius 3 is 2.76 bits per heavy atom. The van der Waals surface area contributed by atoms with Gasteiger partial charge in [-0.15, -0.1) is 0 Å². The lowest BCUT2D eigenvalue weighted by atomic mass is 10.2. The number of aromatic nitrogens is 4. The van der Waals surface area contributed by atoms with Gasteiger partial charge in [-0.2, -0.15) is 11.3 Å². The Balaban J connectivity index is 1.41. The lowest BCUT2D eigenvalue weighted by Crippen LogP contribution is -2.14. The fraction of sp³-hybridized carbons (Fsp3) is 0.0500. The Labute approximate surface area is 170 Å². The van der Waals surface area contributed by atoms with Gasteiger partial charge in [0, 0.05) is 29.0 Å². The Hall–Kier alpha value is -3.85. The van der Waals surface area contributed by atoms with Crippen molar-refractivity contribution in [1.29, 1.82) is 0 Å². The highest BCUT2D eigenvalue weighted by molar-refractivity contribution is 7.08. The van der Waals surface area contributed by atoms with Gasteiger partial charge in [0.1, 0.15) is 11.5 Å². The fourth-order valence-electron chi connectivity index (χ4n) is 2.61. The first-order chi connectivity index (χ1) is 14.2. The summed E-state index contributed by atoms with van der Waals surface area (Å²) in [5.41, 5.74) is 9.86. The number of nitrogens with one attached hydrogen (secondary N) is 2. The van der Waals surface area contributed by atoms with Crippen molar-refractivity contribution in [3.63, 3.8) is 0 Å². The largest absolute Gasteiger partial charge is 0.382 e. The average Bonchev–Trinajstić information content (AvgIpc) is 3.28. The highest BCUT2D eigenvalue weighted by atomic mass is 32.1. The average molecular weight is 403 g/mol. The summed E-state index contributed by atoms with van der Waals surface area (Å²) in [6.07, 6.45) is 6.32. The van der Waals surface area contributed by atoms with Crippen LogP contribution in [0.25, 0.3) is 11.3 Å². The van der Waals surface area contributed by atoms with Crippen molar-refractivity contribution in [2.75, 3.05) is 16.4 Å². The van der Waals surface area contributed by atoms with Crippen LogP contribution in [0.4, 0.5) is 17.2 Å². The summed E-state index contributed by atoms with van der Waals surface area (Å²) in [6, 6.07) is 9.09. The zero-order chi connectivity index (χ0) is 20.1. The van der Waals surface area contributed by atoms with E-state index in [1.165, 1.54) is 6.20 Å². The van der Waals surface area contributed by atoms with Gasteiger partial charge in [0.25, 0.3) is 5.91 Å². The number of rotatable bonds is 6. The van der Waals surface area contributed by atoms with E-state index >= 15 is 0 Å². The van der Waals surface area contributed by atoms with E-state index in [2.05, 4.69) is 30.6 Å². The van der Waals surface area contributed by atoms with Crippen molar-refractivity contribution in [3.8, 4) is 11.3 Å². The maximum absolute atomic E-state index is 12.5. The number of carbonyl (C=O) groups excluding carboxylic acids is 1. The van der Waals surface area contributed by atoms with E-state index < -0.39 is 0 Å². The van der Waals surface area contributed by atoms with Gasteiger partial charge >= 0.3 is 0 Å². The zero-order valence-electron chi connectivity index (χ0n) is 15.2. The van der Waals surface area contributed by atoms with E-state index in [4.69, 9.17) is 5.73 Å². The van der Waals surface area contributed by atoms with Gasteiger partial charge in [-0.05, 0) is 35.7 Å². The van der Waals surface area contributed by atoms with E-state index in [0.717, 1.165) is 22.6 Å². The van der Waals surface area contributed by atoms with Crippen molar-refractivity contribution in [2.24, 2.45) is 0 Å². The molecule has 144 valence electrons. The van der Waals surface area contributed by atoms with Crippen LogP contribution in [0.5, 0.6) is 0 Å². The molecule has 0 aromatic carbocycles. The summed E-state index contributed by atoms with van der Waals surface area (Å²) in [6.45, 7) is 0.439. The topological polar surface area (TPSA) is 119 Å². The normalized spacial score (nSPS) is 10.5. The molecule has 4 heterocycles. The smallest absolute Gasteiger partial charge is 0.275 e. The van der Waals surface area contributed by atoms with Gasteiger partial charge in [-0.1, -0.05) is 0 Å². The SMILES string of the molecule is Nc1ncccc1NCc1cc(NC(=O)c2cnc(-c3ccsc3)cn2)ccn1. The molecule has 0 spiro atoms. The molecule has 9 heteroatoms. The number of nitrogens with zero attached hydrogens (tertiary/aromatic N) is 4. The lowest BCUT2D eigenvalue weighted by Gasteiger charge is -2.09. The molecule has 4 aromatic rings. The standard InChI is InChI=1S/C20H17N7OS/c21-19-16(2-1-5-23-19)24-9-15-8-14(3-6-22-15)27-20(28)18-11-25-17(10-26-18)13-4-7-29-12-13/h1-8,10-12,24H,9H2,(H2,21,23)(H,22,27,28). The van der Waals surface area contributed by atoms with Crippen molar-refractivity contribution in [3.05, 3.63) is 77.3 Å². The first kappa shape index (κ1) is 18.5. The summed E-state index contributed by atoms with van der Waals surface area (Å²) in [5.74, 6) is 0.0809. The number of hydrogen-bond donors (Lipinski definition) is 3. The number of pyridine rings is 2. The van der Waals surface area contributed by atoms with Crippen molar-refractivity contribution in [2.45, 2.75) is 6.54 Å². The van der Waals surface area contributed by atoms with Crippen molar-refractivity contribution < 1.29 is 4.79 Å². The molecule has 0 aliphatic heterocycles. The molecule has 29 heavy (non-hydrogen) atoms. The summed E-state index contributed by atoms with van der Waals surface area (Å²) in [4.78, 5) is 29.3. The van der Waals surface area contributed by atoms with Crippen LogP contribution in [0.1, 0.15) is 16.2 Å². The van der Waals surface area contributed by atoms with Crippen LogP contribution >= 0.6 is 11.3 Å². The summed E-state index contributed by atoms with van der Waals surface area (Å²) < 4.78 is 0. The molecule has 4 rings (SSSR count). The molecule has 0 saturated heterocycles. The lowest BCUT2D eigenvalue weighted by molar-refractivity contribution is 0.102. The third-order valence-corrected chi connectivity index (χ3v) is 4.76. The number of thiophene rings is 1. The van der Waals surface area contributed by atoms with Crippen LogP contribution in [0.3, 0.4) is 0 Å². The van der Waals surface area contributed by atoms with Crippen LogP contribution in [0, 0.1) is 0 Å². The van der Waals surface area contributed by atoms with Gasteiger partial charge in [-0.3, -0.25) is 14.8 Å². The van der Waals surface area contributed by atoms with E-state index in [1.807, 2.05) is 22.9 Å². The summed E-state index contributed by atoms with van der Waals surface area (Å²) >= 11 is 1.58. The van der Waals surface area contributed by atoms with Gasteiger partial charge < -0.3 is 16.4 Å². The Bertz CT molecular complexity index is 1110. The molecule has 0 unspecified atom stereocenters. The van der Waals surface area contributed by atoms with Crippen LogP contribution in [-0.2, 0) is 6.54 Å². The molecule has 0 atom stereocenters. The van der Waals surface area contributed by atoms with Gasteiger partial charge in [0.05, 0.1) is 36.0 Å². The molecule has 0 fully saturated rings. The zero-order valence-corrected chi connectivity index (χ0v) is 16.1. The molecule has 0 bridgehead atoms. The quantitative estimate of drug-likeness (QED) is 0.451. The molecule has 1 amide bonds. The van der Waals surface area contributed by atoms with E-state index in [1.54, 1.807) is 48.1 Å². The predicted molar refractivity (Wildman–Crippen MR) is 114 cm³/mol. The summed E-state index contributed by atoms with van der Waals surface area (Å²) in [5, 5.41) is 9.94. The Morgan fingerprint density at radius 2 is 2.00 bits per heavy atom. The molecule has 0 saturated carbocycles. The second kappa shape index (κ2) is 8.44. The molecule has 4 N–H and O–H groups in total. The number of nitrogen functional groups attached to an aromatic ring is 1. The van der Waals surface area contributed by atoms with Gasteiger partial charge in [-0.25, -0.2) is 9.97 Å². The summed E-state index contributed by atoms with van der Waals surface area (Å²) in [7, 11) is 0. The number of amides is 1. The van der Waals surface area contributed by atoms with Crippen molar-refractivity contribution in [1.82, 2.24) is 19.9 Å². The maximum atomic E-state index is 12.5. The van der Waals surface area contributed by atoms with E-state index in [9.17, 15) is 4.79 Å². The fourth-order valence-corrected chi connectivity index (χ4v) is 3.25. The number of carbonyl (C=O) groups is 1. The minimum absolute atomic E-state index is 0.239. The van der Waals surface area contributed by atoms with Gasteiger partial charge in [0.2, 0.25) is 0 Å². The van der Waals surface area contributed by atoms with Crippen molar-refractivity contribution >= 4 is 34.4 Å². The van der Waals surface area contributed by atoms with Crippen LogP contribution < -0.4 is 16.4 Å². The number of anilines is 3. The predicted octanol–water partition coefficient (Wildman–Crippen LogP) is 3.44. The van der Waals surface area contributed by atoms with Crippen LogP contribution in [0.15, 0.2) is 65.9 Å². The maximum Gasteiger partial charge on any atom is 0.275 e. The minimum atomic E-state index is -0.337. The highest BCUT2D eigenvalue weighted by Crippen LogP contribution is 2.19. The molecular formula is C20H17N7OS. The Morgan fingerprint density at radius 1 is 1.07 bits per heavy atom. The first-order valence-corrected chi connectivity index (χ1v) is 9.68. The number of hydrogen-bond acceptors (Lipinski definition) is 8. The second-order valence-electron chi connectivity index (χ2n) is 6.08. The molecule has 4 aromatic heterocycles. The van der Waals surface area contributed by atoms with E-state index in [-0.39, 0.29) is 11.6 Å². The Kier molecular flexibility index (Phi) is 5.39. The molecule has 0 radical (unpaired) electrons. The first-order valence-electron chi connectivity index (χ1n) is 8.74. The van der Waals surface area contributed by atoms with Gasteiger partial charge in [0.15, 0.2) is 0 Å². The van der Waals surface area contributed by atoms with Crippen LogP contribution in [-0.4, -0.2) is 25.8 Å². The second-order valence-corrected chi connectivity index (χ2v) is 6.86. The monoisotopic (exact) mass is 403 g/mol. The highest BCUT2D eigenvalue weighted by Gasteiger charge is 2.10.